The minimum absolute atomic E-state index is 0.0220. The van der Waals surface area contributed by atoms with E-state index in [1.807, 2.05) is 31.2 Å². The van der Waals surface area contributed by atoms with Crippen molar-refractivity contribution in [2.75, 3.05) is 13.2 Å². The molecule has 0 heterocycles. The second kappa shape index (κ2) is 12.0. The van der Waals surface area contributed by atoms with E-state index in [1.165, 1.54) is 22.3 Å². The average molecular weight is 453 g/mol. The zero-order valence-electron chi connectivity index (χ0n) is 19.0. The molecule has 0 aliphatic heterocycles. The number of carbonyl (C=O) groups excluding carboxylic acids is 2. The number of aliphatic carboxylic acids is 1. The first-order valence-corrected chi connectivity index (χ1v) is 11.6. The van der Waals surface area contributed by atoms with E-state index >= 15 is 0 Å². The predicted octanol–water partition coefficient (Wildman–Crippen LogP) is 4.46. The van der Waals surface area contributed by atoms with Crippen molar-refractivity contribution in [3.63, 3.8) is 0 Å². The van der Waals surface area contributed by atoms with Gasteiger partial charge in [0, 0.05) is 24.9 Å². The van der Waals surface area contributed by atoms with Gasteiger partial charge in [-0.15, -0.1) is 0 Å². The molecule has 0 fully saturated rings. The highest BCUT2D eigenvalue weighted by Gasteiger charge is 2.28. The molecule has 176 valence electrons. The van der Waals surface area contributed by atoms with Crippen LogP contribution >= 0.6 is 0 Å². The minimum Gasteiger partial charge on any atom is -0.481 e. The highest BCUT2D eigenvalue weighted by atomic mass is 16.5. The van der Waals surface area contributed by atoms with Gasteiger partial charge in [0.15, 0.2) is 0 Å². The fourth-order valence-electron chi connectivity index (χ4n) is 4.33. The van der Waals surface area contributed by atoms with E-state index in [4.69, 9.17) is 9.84 Å². The maximum Gasteiger partial charge on any atom is 0.407 e. The summed E-state index contributed by atoms with van der Waals surface area (Å²) in [6.07, 6.45) is 2.45. The molecule has 0 spiro atoms. The van der Waals surface area contributed by atoms with Gasteiger partial charge in [0.2, 0.25) is 5.91 Å². The van der Waals surface area contributed by atoms with Crippen molar-refractivity contribution in [1.29, 1.82) is 0 Å². The van der Waals surface area contributed by atoms with Gasteiger partial charge in [-0.3, -0.25) is 9.59 Å². The molecule has 3 N–H and O–H groups in total. The highest BCUT2D eigenvalue weighted by Crippen LogP contribution is 2.44. The molecule has 0 bridgehead atoms. The van der Waals surface area contributed by atoms with E-state index < -0.39 is 12.1 Å². The number of hydrogen-bond donors (Lipinski definition) is 3. The van der Waals surface area contributed by atoms with Crippen molar-refractivity contribution in [3.05, 3.63) is 59.7 Å². The fraction of sp³-hybridized carbons (Fsp3) is 0.423. The molecule has 1 atom stereocenters. The number of hydrogen-bond acceptors (Lipinski definition) is 4. The zero-order chi connectivity index (χ0) is 23.6. The first kappa shape index (κ1) is 24.3. The molecule has 7 nitrogen and oxygen atoms in total. The summed E-state index contributed by atoms with van der Waals surface area (Å²) in [5, 5.41) is 14.5. The lowest BCUT2D eigenvalue weighted by Crippen LogP contribution is -2.36. The number of nitrogens with one attached hydrogen (secondary N) is 2. The van der Waals surface area contributed by atoms with Crippen LogP contribution in [0.5, 0.6) is 0 Å². The molecule has 1 aliphatic rings. The van der Waals surface area contributed by atoms with Gasteiger partial charge >= 0.3 is 12.1 Å². The Morgan fingerprint density at radius 3 is 2.24 bits per heavy atom. The Balaban J connectivity index is 1.36. The highest BCUT2D eigenvalue weighted by molar-refractivity contribution is 5.79. The Bertz CT molecular complexity index is 929. The quantitative estimate of drug-likeness (QED) is 0.413. The van der Waals surface area contributed by atoms with E-state index in [0.29, 0.717) is 32.2 Å². The summed E-state index contributed by atoms with van der Waals surface area (Å²) < 4.78 is 5.50. The molecule has 2 amide bonds. The van der Waals surface area contributed by atoms with Crippen LogP contribution in [0.25, 0.3) is 11.1 Å². The normalized spacial score (nSPS) is 13.0. The van der Waals surface area contributed by atoms with Crippen molar-refractivity contribution in [2.24, 2.45) is 0 Å². The molecule has 3 rings (SSSR count). The number of alkyl carbamates (subject to hydrolysis) is 1. The summed E-state index contributed by atoms with van der Waals surface area (Å²) in [6.45, 7) is 2.64. The molecule has 0 saturated carbocycles. The van der Waals surface area contributed by atoms with Crippen LogP contribution in [0.15, 0.2) is 48.5 Å². The first-order chi connectivity index (χ1) is 16.0. The zero-order valence-corrected chi connectivity index (χ0v) is 19.0. The Hall–Kier alpha value is -3.35. The number of carboxylic acid groups (broad SMARTS) is 1. The summed E-state index contributed by atoms with van der Waals surface area (Å²) >= 11 is 0. The molecule has 1 unspecified atom stereocenters. The fourth-order valence-corrected chi connectivity index (χ4v) is 4.33. The van der Waals surface area contributed by atoms with Gasteiger partial charge in [0.1, 0.15) is 6.61 Å². The second-order valence-electron chi connectivity index (χ2n) is 8.36. The number of ether oxygens (including phenoxy) is 1. The summed E-state index contributed by atoms with van der Waals surface area (Å²) in [6, 6.07) is 16.0. The lowest BCUT2D eigenvalue weighted by atomic mass is 9.98. The minimum atomic E-state index is -0.916. The van der Waals surface area contributed by atoms with Crippen LogP contribution in [0.3, 0.4) is 0 Å². The molecule has 2 aromatic rings. The number of rotatable bonds is 12. The Morgan fingerprint density at radius 2 is 1.64 bits per heavy atom. The lowest BCUT2D eigenvalue weighted by Gasteiger charge is -2.16. The number of fused-ring (bicyclic) bond motifs is 3. The van der Waals surface area contributed by atoms with Gasteiger partial charge in [0.25, 0.3) is 0 Å². The molecule has 1 aliphatic carbocycles. The molecule has 7 heteroatoms. The van der Waals surface area contributed by atoms with Crippen molar-refractivity contribution in [1.82, 2.24) is 10.6 Å². The molecule has 33 heavy (non-hydrogen) atoms. The summed E-state index contributed by atoms with van der Waals surface area (Å²) in [7, 11) is 0. The number of carbonyl (C=O) groups is 3. The average Bonchev–Trinajstić information content (AvgIpc) is 3.11. The van der Waals surface area contributed by atoms with Crippen LogP contribution in [-0.2, 0) is 14.3 Å². The van der Waals surface area contributed by atoms with Crippen LogP contribution in [0, 0.1) is 0 Å². The third kappa shape index (κ3) is 6.81. The molecular formula is C26H32N2O5. The van der Waals surface area contributed by atoms with Crippen LogP contribution in [0.2, 0.25) is 0 Å². The third-order valence-electron chi connectivity index (χ3n) is 5.87. The van der Waals surface area contributed by atoms with Crippen molar-refractivity contribution in [3.8, 4) is 11.1 Å². The van der Waals surface area contributed by atoms with E-state index in [1.54, 1.807) is 0 Å². The van der Waals surface area contributed by atoms with E-state index in [0.717, 1.165) is 6.42 Å². The maximum absolute atomic E-state index is 12.2. The standard InChI is InChI=1S/C26H32N2O5/c1-2-9-18(16-25(30)31)28-24(29)14-7-8-15-27-26(32)33-17-23-21-12-5-3-10-19(21)20-11-4-6-13-22(20)23/h3-6,10-13,18,23H,2,7-9,14-17H2,1H3,(H,27,32)(H,28,29)(H,30,31). The lowest BCUT2D eigenvalue weighted by molar-refractivity contribution is -0.137. The van der Waals surface area contributed by atoms with E-state index in [9.17, 15) is 14.4 Å². The maximum atomic E-state index is 12.2. The van der Waals surface area contributed by atoms with Crippen LogP contribution in [0.4, 0.5) is 4.79 Å². The van der Waals surface area contributed by atoms with E-state index in [2.05, 4.69) is 34.9 Å². The van der Waals surface area contributed by atoms with Crippen molar-refractivity contribution < 1.29 is 24.2 Å². The molecular weight excluding hydrogens is 420 g/mol. The van der Waals surface area contributed by atoms with Crippen LogP contribution < -0.4 is 10.6 Å². The van der Waals surface area contributed by atoms with Crippen molar-refractivity contribution >= 4 is 18.0 Å². The predicted molar refractivity (Wildman–Crippen MR) is 126 cm³/mol. The number of amides is 2. The summed E-state index contributed by atoms with van der Waals surface area (Å²) in [5.41, 5.74) is 4.71. The smallest absolute Gasteiger partial charge is 0.407 e. The van der Waals surface area contributed by atoms with Crippen LogP contribution in [-0.4, -0.2) is 42.3 Å². The SMILES string of the molecule is CCCC(CC(=O)O)NC(=O)CCCCNC(=O)OCC1c2ccccc2-c2ccccc21. The van der Waals surface area contributed by atoms with Gasteiger partial charge in [-0.2, -0.15) is 0 Å². The molecule has 0 radical (unpaired) electrons. The van der Waals surface area contributed by atoms with E-state index in [-0.39, 0.29) is 30.9 Å². The van der Waals surface area contributed by atoms with Gasteiger partial charge in [-0.1, -0.05) is 61.9 Å². The number of carboxylic acids is 1. The summed E-state index contributed by atoms with van der Waals surface area (Å²) in [5.74, 6) is -1.05. The largest absolute Gasteiger partial charge is 0.481 e. The van der Waals surface area contributed by atoms with Gasteiger partial charge in [-0.25, -0.2) is 4.79 Å². The molecule has 0 aromatic heterocycles. The van der Waals surface area contributed by atoms with Crippen LogP contribution in [0.1, 0.15) is 62.5 Å². The van der Waals surface area contributed by atoms with Gasteiger partial charge in [0.05, 0.1) is 6.42 Å². The Labute approximate surface area is 194 Å². The van der Waals surface area contributed by atoms with Gasteiger partial charge < -0.3 is 20.5 Å². The molecule has 2 aromatic carbocycles. The van der Waals surface area contributed by atoms with Gasteiger partial charge in [-0.05, 0) is 41.5 Å². The third-order valence-corrected chi connectivity index (χ3v) is 5.87. The number of unbranched alkanes of at least 4 members (excludes halogenated alkanes) is 1. The first-order valence-electron chi connectivity index (χ1n) is 11.6. The Morgan fingerprint density at radius 1 is 1.00 bits per heavy atom. The Kier molecular flexibility index (Phi) is 8.87. The molecule has 0 saturated heterocycles. The monoisotopic (exact) mass is 452 g/mol. The second-order valence-corrected chi connectivity index (χ2v) is 8.36. The summed E-state index contributed by atoms with van der Waals surface area (Å²) in [4.78, 5) is 35.1. The topological polar surface area (TPSA) is 105 Å². The van der Waals surface area contributed by atoms with Crippen molar-refractivity contribution in [2.45, 2.75) is 57.4 Å². The number of benzene rings is 2.